The van der Waals surface area contributed by atoms with Crippen molar-refractivity contribution in [2.45, 2.75) is 11.3 Å². The van der Waals surface area contributed by atoms with Gasteiger partial charge in [0.2, 0.25) is 10.0 Å². The number of hydrogen-bond donors (Lipinski definition) is 0. The van der Waals surface area contributed by atoms with E-state index in [1.54, 1.807) is 53.5 Å². The number of nitrogens with zero attached hydrogens (tertiary/aromatic N) is 6. The summed E-state index contributed by atoms with van der Waals surface area (Å²) in [5, 5.41) is 4.42. The van der Waals surface area contributed by atoms with Crippen molar-refractivity contribution in [1.29, 1.82) is 0 Å². The van der Waals surface area contributed by atoms with Gasteiger partial charge in [-0.05, 0) is 48.4 Å². The SMILES string of the molecule is COc1ccc(-c2cnc3ncnn3c2N2CCCN(S(=O)(=O)c3ccc(Br)cc3)CC2)cc1OC. The molecule has 1 saturated heterocycles. The monoisotopic (exact) mass is 572 g/mol. The van der Waals surface area contributed by atoms with Crippen molar-refractivity contribution in [3.63, 3.8) is 0 Å². The predicted molar refractivity (Wildman–Crippen MR) is 139 cm³/mol. The van der Waals surface area contributed by atoms with E-state index in [2.05, 4.69) is 35.9 Å². The summed E-state index contributed by atoms with van der Waals surface area (Å²) in [5.74, 6) is 2.49. The Hall–Kier alpha value is -3.22. The van der Waals surface area contributed by atoms with E-state index in [-0.39, 0.29) is 4.90 Å². The average Bonchev–Trinajstić information content (AvgIpc) is 3.23. The van der Waals surface area contributed by atoms with E-state index >= 15 is 0 Å². The van der Waals surface area contributed by atoms with Gasteiger partial charge in [0.05, 0.1) is 19.1 Å². The van der Waals surface area contributed by atoms with Crippen molar-refractivity contribution in [3.05, 3.63) is 59.5 Å². The maximum atomic E-state index is 13.3. The molecule has 36 heavy (non-hydrogen) atoms. The molecule has 0 atom stereocenters. The van der Waals surface area contributed by atoms with Gasteiger partial charge in [-0.3, -0.25) is 0 Å². The molecule has 2 aromatic carbocycles. The Balaban J connectivity index is 1.51. The summed E-state index contributed by atoms with van der Waals surface area (Å²) in [6.45, 7) is 1.88. The number of halogens is 1. The Bertz CT molecular complexity index is 1490. The molecule has 0 unspecified atom stereocenters. The van der Waals surface area contributed by atoms with Crippen molar-refractivity contribution >= 4 is 37.5 Å². The normalized spacial score (nSPS) is 15.1. The highest BCUT2D eigenvalue weighted by molar-refractivity contribution is 9.10. The molecule has 1 fully saturated rings. The molecule has 10 nitrogen and oxygen atoms in total. The molecule has 4 aromatic rings. The molecule has 0 spiro atoms. The summed E-state index contributed by atoms with van der Waals surface area (Å²) in [6.07, 6.45) is 3.88. The van der Waals surface area contributed by atoms with Crippen molar-refractivity contribution in [3.8, 4) is 22.6 Å². The van der Waals surface area contributed by atoms with Crippen LogP contribution in [0.2, 0.25) is 0 Å². The van der Waals surface area contributed by atoms with Crippen molar-refractivity contribution in [2.75, 3.05) is 45.3 Å². The van der Waals surface area contributed by atoms with Crippen LogP contribution in [-0.2, 0) is 10.0 Å². The predicted octanol–water partition coefficient (Wildman–Crippen LogP) is 3.47. The largest absolute Gasteiger partial charge is 0.493 e. The number of methoxy groups -OCH3 is 2. The van der Waals surface area contributed by atoms with Gasteiger partial charge < -0.3 is 14.4 Å². The van der Waals surface area contributed by atoms with E-state index in [1.807, 2.05) is 18.2 Å². The summed E-state index contributed by atoms with van der Waals surface area (Å²) < 4.78 is 41.6. The zero-order valence-corrected chi connectivity index (χ0v) is 22.2. The van der Waals surface area contributed by atoms with Gasteiger partial charge in [-0.25, -0.2) is 13.4 Å². The van der Waals surface area contributed by atoms with Crippen molar-refractivity contribution in [2.24, 2.45) is 0 Å². The van der Waals surface area contributed by atoms with Gasteiger partial charge in [-0.1, -0.05) is 22.0 Å². The van der Waals surface area contributed by atoms with Crippen LogP contribution < -0.4 is 14.4 Å². The number of fused-ring (bicyclic) bond motifs is 1. The Morgan fingerprint density at radius 3 is 2.44 bits per heavy atom. The van der Waals surface area contributed by atoms with Crippen LogP contribution in [0.3, 0.4) is 0 Å². The first kappa shape index (κ1) is 24.5. The maximum Gasteiger partial charge on any atom is 0.254 e. The fraction of sp³-hybridized carbons (Fsp3) is 0.292. The molecular weight excluding hydrogens is 548 g/mol. The smallest absolute Gasteiger partial charge is 0.254 e. The van der Waals surface area contributed by atoms with E-state index in [1.165, 1.54) is 6.33 Å². The summed E-state index contributed by atoms with van der Waals surface area (Å²) in [4.78, 5) is 11.2. The molecule has 12 heteroatoms. The molecule has 0 N–H and O–H groups in total. The van der Waals surface area contributed by atoms with E-state index in [0.29, 0.717) is 49.9 Å². The number of sulfonamides is 1. The van der Waals surface area contributed by atoms with Gasteiger partial charge >= 0.3 is 0 Å². The Kier molecular flexibility index (Phi) is 6.82. The molecule has 5 rings (SSSR count). The highest BCUT2D eigenvalue weighted by atomic mass is 79.9. The van der Waals surface area contributed by atoms with Crippen molar-refractivity contribution in [1.82, 2.24) is 23.9 Å². The van der Waals surface area contributed by atoms with Gasteiger partial charge in [0.15, 0.2) is 11.5 Å². The van der Waals surface area contributed by atoms with Crippen LogP contribution in [0.15, 0.2) is 64.4 Å². The van der Waals surface area contributed by atoms with Gasteiger partial charge in [0, 0.05) is 42.4 Å². The molecular formula is C24H25BrN6O4S. The quantitative estimate of drug-likeness (QED) is 0.346. The van der Waals surface area contributed by atoms with Gasteiger partial charge in [-0.2, -0.15) is 18.9 Å². The second-order valence-electron chi connectivity index (χ2n) is 8.24. The first-order chi connectivity index (χ1) is 17.4. The average molecular weight is 573 g/mol. The third-order valence-electron chi connectivity index (χ3n) is 6.18. The number of benzene rings is 2. The van der Waals surface area contributed by atoms with Crippen molar-refractivity contribution < 1.29 is 17.9 Å². The molecule has 1 aliphatic heterocycles. The number of hydrogen-bond acceptors (Lipinski definition) is 8. The number of ether oxygens (including phenoxy) is 2. The van der Waals surface area contributed by atoms with E-state index in [9.17, 15) is 8.42 Å². The second-order valence-corrected chi connectivity index (χ2v) is 11.1. The zero-order valence-electron chi connectivity index (χ0n) is 19.8. The Labute approximate surface area is 217 Å². The molecule has 0 amide bonds. The molecule has 0 saturated carbocycles. The van der Waals surface area contributed by atoms with E-state index in [4.69, 9.17) is 9.47 Å². The second kappa shape index (κ2) is 10.0. The molecule has 0 aliphatic carbocycles. The number of anilines is 1. The maximum absolute atomic E-state index is 13.3. The minimum atomic E-state index is -3.61. The van der Waals surface area contributed by atoms with Crippen LogP contribution in [-0.4, -0.2) is 72.7 Å². The van der Waals surface area contributed by atoms with Gasteiger partial charge in [0.25, 0.3) is 5.78 Å². The van der Waals surface area contributed by atoms with Gasteiger partial charge in [0.1, 0.15) is 12.1 Å². The third-order valence-corrected chi connectivity index (χ3v) is 8.62. The fourth-order valence-electron chi connectivity index (χ4n) is 4.38. The molecule has 188 valence electrons. The zero-order chi connectivity index (χ0) is 25.3. The highest BCUT2D eigenvalue weighted by Crippen LogP contribution is 2.37. The number of aromatic nitrogens is 4. The third kappa shape index (κ3) is 4.51. The lowest BCUT2D eigenvalue weighted by molar-refractivity contribution is 0.355. The molecule has 2 aromatic heterocycles. The first-order valence-electron chi connectivity index (χ1n) is 11.3. The highest BCUT2D eigenvalue weighted by Gasteiger charge is 2.29. The summed E-state index contributed by atoms with van der Waals surface area (Å²) in [7, 11) is -0.422. The van der Waals surface area contributed by atoms with Crippen LogP contribution in [0.1, 0.15) is 6.42 Å². The van der Waals surface area contributed by atoms with Crippen LogP contribution in [0.4, 0.5) is 5.82 Å². The minimum absolute atomic E-state index is 0.285. The lowest BCUT2D eigenvalue weighted by Gasteiger charge is -2.26. The summed E-state index contributed by atoms with van der Waals surface area (Å²) >= 11 is 3.37. The van der Waals surface area contributed by atoms with Crippen LogP contribution in [0, 0.1) is 0 Å². The molecule has 0 radical (unpaired) electrons. The van der Waals surface area contributed by atoms with Crippen LogP contribution >= 0.6 is 15.9 Å². The molecule has 0 bridgehead atoms. The topological polar surface area (TPSA) is 102 Å². The Morgan fingerprint density at radius 2 is 1.69 bits per heavy atom. The minimum Gasteiger partial charge on any atom is -0.493 e. The number of rotatable bonds is 6. The van der Waals surface area contributed by atoms with Crippen LogP contribution in [0.25, 0.3) is 16.9 Å². The van der Waals surface area contributed by atoms with Gasteiger partial charge in [-0.15, -0.1) is 0 Å². The lowest BCUT2D eigenvalue weighted by Crippen LogP contribution is -2.35. The van der Waals surface area contributed by atoms with E-state index < -0.39 is 10.0 Å². The summed E-state index contributed by atoms with van der Waals surface area (Å²) in [6, 6.07) is 12.4. The summed E-state index contributed by atoms with van der Waals surface area (Å²) in [5.41, 5.74) is 1.70. The first-order valence-corrected chi connectivity index (χ1v) is 13.6. The molecule has 1 aliphatic rings. The van der Waals surface area contributed by atoms with Crippen LogP contribution in [0.5, 0.6) is 11.5 Å². The fourth-order valence-corrected chi connectivity index (χ4v) is 6.11. The standard InChI is InChI=1S/C24H25BrN6O4S/c1-34-21-9-4-17(14-22(21)35-2)20-15-26-24-27-16-28-31(24)23(20)29-10-3-11-30(13-12-29)36(32,33)19-7-5-18(25)6-8-19/h4-9,14-16H,3,10-13H2,1-2H3. The Morgan fingerprint density at radius 1 is 0.917 bits per heavy atom. The lowest BCUT2D eigenvalue weighted by atomic mass is 10.1. The molecule has 3 heterocycles. The van der Waals surface area contributed by atoms with E-state index in [0.717, 1.165) is 21.4 Å².